The summed E-state index contributed by atoms with van der Waals surface area (Å²) >= 11 is 0. The molecule has 1 amide bonds. The van der Waals surface area contributed by atoms with E-state index in [9.17, 15) is 4.79 Å². The van der Waals surface area contributed by atoms with Crippen LogP contribution >= 0.6 is 0 Å². The van der Waals surface area contributed by atoms with Crippen LogP contribution in [0.3, 0.4) is 0 Å². The van der Waals surface area contributed by atoms with Crippen molar-refractivity contribution < 1.29 is 9.21 Å². The van der Waals surface area contributed by atoms with Crippen LogP contribution in [-0.4, -0.2) is 12.5 Å². The third-order valence-electron chi connectivity index (χ3n) is 2.53. The SMILES string of the molecule is CCCNC(=O)c1c(C)oc2ccccc12. The second kappa shape index (κ2) is 4.39. The molecule has 2 rings (SSSR count). The van der Waals surface area contributed by atoms with Gasteiger partial charge in [0, 0.05) is 11.9 Å². The predicted octanol–water partition coefficient (Wildman–Crippen LogP) is 2.88. The van der Waals surface area contributed by atoms with Gasteiger partial charge in [-0.2, -0.15) is 0 Å². The van der Waals surface area contributed by atoms with Crippen molar-refractivity contribution in [3.05, 3.63) is 35.6 Å². The molecule has 1 N–H and O–H groups in total. The largest absolute Gasteiger partial charge is 0.461 e. The minimum Gasteiger partial charge on any atom is -0.461 e. The molecule has 3 nitrogen and oxygen atoms in total. The Balaban J connectivity index is 2.43. The molecule has 0 spiro atoms. The number of rotatable bonds is 3. The van der Waals surface area contributed by atoms with Crippen molar-refractivity contribution in [3.8, 4) is 0 Å². The number of nitrogens with one attached hydrogen (secondary N) is 1. The van der Waals surface area contributed by atoms with Gasteiger partial charge < -0.3 is 9.73 Å². The van der Waals surface area contributed by atoms with Crippen LogP contribution in [0.4, 0.5) is 0 Å². The fourth-order valence-corrected chi connectivity index (χ4v) is 1.78. The summed E-state index contributed by atoms with van der Waals surface area (Å²) in [5.74, 6) is 0.624. The molecule has 0 atom stereocenters. The lowest BCUT2D eigenvalue weighted by Crippen LogP contribution is -2.24. The molecule has 0 saturated heterocycles. The van der Waals surface area contributed by atoms with Crippen molar-refractivity contribution in [2.75, 3.05) is 6.54 Å². The minimum absolute atomic E-state index is 0.0516. The molecule has 0 fully saturated rings. The molecule has 84 valence electrons. The third-order valence-corrected chi connectivity index (χ3v) is 2.53. The number of benzene rings is 1. The summed E-state index contributed by atoms with van der Waals surface area (Å²) in [4.78, 5) is 11.9. The molecule has 0 aliphatic heterocycles. The molecule has 0 aliphatic carbocycles. The van der Waals surface area contributed by atoms with E-state index in [2.05, 4.69) is 5.32 Å². The monoisotopic (exact) mass is 217 g/mol. The van der Waals surface area contributed by atoms with Gasteiger partial charge in [0.25, 0.3) is 5.91 Å². The van der Waals surface area contributed by atoms with Crippen molar-refractivity contribution >= 4 is 16.9 Å². The van der Waals surface area contributed by atoms with Crippen LogP contribution < -0.4 is 5.32 Å². The summed E-state index contributed by atoms with van der Waals surface area (Å²) in [6.45, 7) is 4.54. The van der Waals surface area contributed by atoms with Gasteiger partial charge in [-0.05, 0) is 19.4 Å². The van der Waals surface area contributed by atoms with E-state index < -0.39 is 0 Å². The molecule has 1 aromatic heterocycles. The van der Waals surface area contributed by atoms with Crippen molar-refractivity contribution in [2.45, 2.75) is 20.3 Å². The van der Waals surface area contributed by atoms with E-state index >= 15 is 0 Å². The van der Waals surface area contributed by atoms with Crippen LogP contribution in [0.5, 0.6) is 0 Å². The van der Waals surface area contributed by atoms with Gasteiger partial charge in [-0.3, -0.25) is 4.79 Å². The van der Waals surface area contributed by atoms with Crippen LogP contribution in [0.15, 0.2) is 28.7 Å². The van der Waals surface area contributed by atoms with E-state index in [0.29, 0.717) is 17.9 Å². The van der Waals surface area contributed by atoms with Crippen molar-refractivity contribution in [2.24, 2.45) is 0 Å². The Morgan fingerprint density at radius 3 is 2.88 bits per heavy atom. The number of carbonyl (C=O) groups excluding carboxylic acids is 1. The molecular formula is C13H15NO2. The molecule has 1 heterocycles. The van der Waals surface area contributed by atoms with E-state index in [4.69, 9.17) is 4.42 Å². The number of fused-ring (bicyclic) bond motifs is 1. The number of aryl methyl sites for hydroxylation is 1. The Labute approximate surface area is 94.4 Å². The van der Waals surface area contributed by atoms with Gasteiger partial charge in [-0.1, -0.05) is 25.1 Å². The van der Waals surface area contributed by atoms with E-state index in [0.717, 1.165) is 17.4 Å². The highest BCUT2D eigenvalue weighted by Gasteiger charge is 2.16. The maximum atomic E-state index is 11.9. The zero-order valence-electron chi connectivity index (χ0n) is 9.54. The fourth-order valence-electron chi connectivity index (χ4n) is 1.78. The van der Waals surface area contributed by atoms with Gasteiger partial charge in [-0.15, -0.1) is 0 Å². The lowest BCUT2D eigenvalue weighted by atomic mass is 10.1. The average Bonchev–Trinajstić information content (AvgIpc) is 2.62. The van der Waals surface area contributed by atoms with Crippen molar-refractivity contribution in [1.82, 2.24) is 5.32 Å². The molecule has 3 heteroatoms. The van der Waals surface area contributed by atoms with Gasteiger partial charge >= 0.3 is 0 Å². The Morgan fingerprint density at radius 1 is 1.38 bits per heavy atom. The lowest BCUT2D eigenvalue weighted by molar-refractivity contribution is 0.0953. The molecule has 2 aromatic rings. The number of amides is 1. The highest BCUT2D eigenvalue weighted by atomic mass is 16.3. The maximum absolute atomic E-state index is 11.9. The summed E-state index contributed by atoms with van der Waals surface area (Å²) < 4.78 is 5.54. The van der Waals surface area contributed by atoms with Crippen LogP contribution in [0.2, 0.25) is 0 Å². The van der Waals surface area contributed by atoms with E-state index in [1.165, 1.54) is 0 Å². The lowest BCUT2D eigenvalue weighted by Gasteiger charge is -2.02. The Bertz CT molecular complexity index is 514. The first-order chi connectivity index (χ1) is 7.74. The van der Waals surface area contributed by atoms with Crippen LogP contribution in [0.25, 0.3) is 11.0 Å². The van der Waals surface area contributed by atoms with Gasteiger partial charge in [0.1, 0.15) is 11.3 Å². The van der Waals surface area contributed by atoms with E-state index in [-0.39, 0.29) is 5.91 Å². The van der Waals surface area contributed by atoms with Gasteiger partial charge in [0.2, 0.25) is 0 Å². The first kappa shape index (κ1) is 10.7. The molecule has 0 radical (unpaired) electrons. The predicted molar refractivity (Wildman–Crippen MR) is 63.6 cm³/mol. The first-order valence-electron chi connectivity index (χ1n) is 5.50. The summed E-state index contributed by atoms with van der Waals surface area (Å²) in [5.41, 5.74) is 1.42. The molecule has 0 bridgehead atoms. The zero-order valence-corrected chi connectivity index (χ0v) is 9.54. The van der Waals surface area contributed by atoms with Gasteiger partial charge in [0.15, 0.2) is 0 Å². The summed E-state index contributed by atoms with van der Waals surface area (Å²) in [6.07, 6.45) is 0.931. The van der Waals surface area contributed by atoms with E-state index in [1.54, 1.807) is 0 Å². The molecule has 0 aliphatic rings. The average molecular weight is 217 g/mol. The number of hydrogen-bond acceptors (Lipinski definition) is 2. The van der Waals surface area contributed by atoms with Crippen LogP contribution in [0.1, 0.15) is 29.5 Å². The van der Waals surface area contributed by atoms with E-state index in [1.807, 2.05) is 38.1 Å². The summed E-state index contributed by atoms with van der Waals surface area (Å²) in [6, 6.07) is 7.60. The zero-order chi connectivity index (χ0) is 11.5. The van der Waals surface area contributed by atoms with Crippen molar-refractivity contribution in [1.29, 1.82) is 0 Å². The quantitative estimate of drug-likeness (QED) is 0.859. The number of para-hydroxylation sites is 1. The first-order valence-corrected chi connectivity index (χ1v) is 5.50. The van der Waals surface area contributed by atoms with Crippen molar-refractivity contribution in [3.63, 3.8) is 0 Å². The van der Waals surface area contributed by atoms with Gasteiger partial charge in [-0.25, -0.2) is 0 Å². The highest BCUT2D eigenvalue weighted by molar-refractivity contribution is 6.07. The third kappa shape index (κ3) is 1.81. The second-order valence-corrected chi connectivity index (χ2v) is 3.79. The maximum Gasteiger partial charge on any atom is 0.255 e. The normalized spacial score (nSPS) is 10.6. The summed E-state index contributed by atoms with van der Waals surface area (Å²) in [5, 5.41) is 3.75. The molecule has 16 heavy (non-hydrogen) atoms. The number of furan rings is 1. The number of hydrogen-bond donors (Lipinski definition) is 1. The Kier molecular flexibility index (Phi) is 2.95. The smallest absolute Gasteiger partial charge is 0.255 e. The standard InChI is InChI=1S/C13H15NO2/c1-3-8-14-13(15)12-9(2)16-11-7-5-4-6-10(11)12/h4-7H,3,8H2,1-2H3,(H,14,15). The Hall–Kier alpha value is -1.77. The topological polar surface area (TPSA) is 42.2 Å². The van der Waals surface area contributed by atoms with Crippen LogP contribution in [0, 0.1) is 6.92 Å². The second-order valence-electron chi connectivity index (χ2n) is 3.79. The fraction of sp³-hybridized carbons (Fsp3) is 0.308. The molecule has 1 aromatic carbocycles. The van der Waals surface area contributed by atoms with Crippen LogP contribution in [-0.2, 0) is 0 Å². The Morgan fingerprint density at radius 2 is 2.12 bits per heavy atom. The molecule has 0 unspecified atom stereocenters. The molecule has 0 saturated carbocycles. The van der Waals surface area contributed by atoms with Gasteiger partial charge in [0.05, 0.1) is 5.56 Å². The highest BCUT2D eigenvalue weighted by Crippen LogP contribution is 2.24. The minimum atomic E-state index is -0.0516. The molecular weight excluding hydrogens is 202 g/mol. The summed E-state index contributed by atoms with van der Waals surface area (Å²) in [7, 11) is 0. The number of carbonyl (C=O) groups is 1.